The summed E-state index contributed by atoms with van der Waals surface area (Å²) in [4.78, 5) is 25.3. The zero-order chi connectivity index (χ0) is 18.6. The predicted octanol–water partition coefficient (Wildman–Crippen LogP) is 2.75. The van der Waals surface area contributed by atoms with Crippen LogP contribution in [-0.4, -0.2) is 42.2 Å². The van der Waals surface area contributed by atoms with Crippen LogP contribution in [0.3, 0.4) is 0 Å². The molecule has 25 heavy (non-hydrogen) atoms. The Bertz CT molecular complexity index is 637. The van der Waals surface area contributed by atoms with Crippen LogP contribution in [0.25, 0.3) is 0 Å². The van der Waals surface area contributed by atoms with Crippen LogP contribution in [-0.2, 0) is 4.79 Å². The number of nitrogens with zero attached hydrogens (tertiary/aromatic N) is 1. The molecule has 1 heterocycles. The molecular weight excluding hydrogens is 339 g/mol. The molecule has 0 aromatic heterocycles. The van der Waals surface area contributed by atoms with Gasteiger partial charge >= 0.3 is 12.2 Å². The van der Waals surface area contributed by atoms with Gasteiger partial charge in [0.15, 0.2) is 6.61 Å². The van der Waals surface area contributed by atoms with Crippen molar-refractivity contribution in [3.63, 3.8) is 0 Å². The first kappa shape index (κ1) is 18.9. The van der Waals surface area contributed by atoms with Crippen molar-refractivity contribution in [3.8, 4) is 5.75 Å². The number of ether oxygens (including phenoxy) is 1. The third-order valence-electron chi connectivity index (χ3n) is 4.07. The van der Waals surface area contributed by atoms with Crippen LogP contribution in [0.4, 0.5) is 23.7 Å². The first-order chi connectivity index (χ1) is 11.7. The molecule has 9 heteroatoms. The highest BCUT2D eigenvalue weighted by Gasteiger charge is 2.32. The Morgan fingerprint density at radius 1 is 1.32 bits per heavy atom. The highest BCUT2D eigenvalue weighted by atomic mass is 19.4. The second kappa shape index (κ2) is 7.62. The number of hydrogen-bond acceptors (Lipinski definition) is 3. The van der Waals surface area contributed by atoms with Crippen LogP contribution in [0.2, 0.25) is 0 Å². The molecule has 2 rings (SSSR count). The second-order valence-electron chi connectivity index (χ2n) is 6.01. The molecule has 1 aliphatic rings. The van der Waals surface area contributed by atoms with Crippen LogP contribution in [0, 0.1) is 5.92 Å². The Morgan fingerprint density at radius 3 is 2.64 bits per heavy atom. The van der Waals surface area contributed by atoms with Gasteiger partial charge in [0, 0.05) is 12.6 Å². The number of likely N-dealkylation sites (tertiary alicyclic amines) is 1. The number of rotatable bonds is 4. The number of urea groups is 1. The number of nitrogens with two attached hydrogens (primary N) is 1. The maximum absolute atomic E-state index is 12.5. The fourth-order valence-electron chi connectivity index (χ4n) is 2.66. The summed E-state index contributed by atoms with van der Waals surface area (Å²) in [6.07, 6.45) is -3.26. The second-order valence-corrected chi connectivity index (χ2v) is 6.01. The van der Waals surface area contributed by atoms with Gasteiger partial charge in [-0.25, -0.2) is 4.79 Å². The molecule has 0 saturated carbocycles. The van der Waals surface area contributed by atoms with Gasteiger partial charge < -0.3 is 20.7 Å². The molecule has 1 aliphatic heterocycles. The average molecular weight is 359 g/mol. The Labute approximate surface area is 143 Å². The van der Waals surface area contributed by atoms with Crippen molar-refractivity contribution in [3.05, 3.63) is 24.3 Å². The quantitative estimate of drug-likeness (QED) is 0.867. The monoisotopic (exact) mass is 359 g/mol. The van der Waals surface area contributed by atoms with Gasteiger partial charge in [-0.05, 0) is 31.9 Å². The molecule has 6 nitrogen and oxygen atoms in total. The summed E-state index contributed by atoms with van der Waals surface area (Å²) in [6, 6.07) is 5.24. The van der Waals surface area contributed by atoms with Gasteiger partial charge in [0.05, 0.1) is 11.6 Å². The number of amides is 3. The van der Waals surface area contributed by atoms with Crippen molar-refractivity contribution in [1.29, 1.82) is 0 Å². The highest BCUT2D eigenvalue weighted by molar-refractivity contribution is 5.91. The van der Waals surface area contributed by atoms with Crippen LogP contribution in [0.15, 0.2) is 24.3 Å². The smallest absolute Gasteiger partial charge is 0.422 e. The van der Waals surface area contributed by atoms with E-state index in [2.05, 4.69) is 5.32 Å². The number of benzene rings is 1. The number of nitrogens with one attached hydrogen (secondary N) is 1. The van der Waals surface area contributed by atoms with Gasteiger partial charge in [-0.1, -0.05) is 12.1 Å². The van der Waals surface area contributed by atoms with Gasteiger partial charge in [-0.15, -0.1) is 0 Å². The maximum atomic E-state index is 12.5. The molecule has 3 amide bonds. The standard InChI is InChI=1S/C16H20F3N3O3/c1-10-6-7-11(14(20)23)8-22(10)15(24)21-12-4-2-3-5-13(12)25-9-16(17,18)19/h2-5,10-11H,6-9H2,1H3,(H2,20,23)(H,21,24)/t10-,11-/m0/s1. The highest BCUT2D eigenvalue weighted by Crippen LogP contribution is 2.28. The number of piperidine rings is 1. The average Bonchev–Trinajstić information content (AvgIpc) is 2.53. The third-order valence-corrected chi connectivity index (χ3v) is 4.07. The molecular formula is C16H20F3N3O3. The van der Waals surface area contributed by atoms with Crippen molar-refractivity contribution in [2.75, 3.05) is 18.5 Å². The fraction of sp³-hybridized carbons (Fsp3) is 0.500. The molecule has 0 unspecified atom stereocenters. The van der Waals surface area contributed by atoms with E-state index in [0.717, 1.165) is 0 Å². The van der Waals surface area contributed by atoms with Crippen LogP contribution < -0.4 is 15.8 Å². The zero-order valence-electron chi connectivity index (χ0n) is 13.7. The van der Waals surface area contributed by atoms with Gasteiger partial charge in [0.25, 0.3) is 0 Å². The number of halogens is 3. The first-order valence-corrected chi connectivity index (χ1v) is 7.83. The predicted molar refractivity (Wildman–Crippen MR) is 85.1 cm³/mol. The summed E-state index contributed by atoms with van der Waals surface area (Å²) in [5.41, 5.74) is 5.44. The molecule has 1 fully saturated rings. The van der Waals surface area contributed by atoms with E-state index in [1.165, 1.54) is 23.1 Å². The summed E-state index contributed by atoms with van der Waals surface area (Å²) < 4.78 is 41.7. The normalized spacial score (nSPS) is 20.9. The molecule has 1 aromatic carbocycles. The van der Waals surface area contributed by atoms with Gasteiger partial charge in [0.1, 0.15) is 5.75 Å². The van der Waals surface area contributed by atoms with Crippen molar-refractivity contribution in [1.82, 2.24) is 4.90 Å². The lowest BCUT2D eigenvalue weighted by molar-refractivity contribution is -0.153. The lowest BCUT2D eigenvalue weighted by atomic mass is 9.93. The minimum atomic E-state index is -4.48. The van der Waals surface area contributed by atoms with Crippen LogP contribution >= 0.6 is 0 Å². The molecule has 0 aliphatic carbocycles. The molecule has 138 valence electrons. The molecule has 0 bridgehead atoms. The van der Waals surface area contributed by atoms with Crippen molar-refractivity contribution < 1.29 is 27.5 Å². The maximum Gasteiger partial charge on any atom is 0.422 e. The Hall–Kier alpha value is -2.45. The number of carbonyl (C=O) groups excluding carboxylic acids is 2. The number of carbonyl (C=O) groups is 2. The van der Waals surface area contributed by atoms with E-state index in [0.29, 0.717) is 12.8 Å². The topological polar surface area (TPSA) is 84.7 Å². The summed E-state index contributed by atoms with van der Waals surface area (Å²) in [5, 5.41) is 2.55. The first-order valence-electron chi connectivity index (χ1n) is 7.83. The lowest BCUT2D eigenvalue weighted by Gasteiger charge is -2.36. The molecule has 3 N–H and O–H groups in total. The summed E-state index contributed by atoms with van der Waals surface area (Å²) in [6.45, 7) is 0.556. The molecule has 2 atom stereocenters. The van der Waals surface area contributed by atoms with E-state index in [-0.39, 0.29) is 24.0 Å². The summed E-state index contributed by atoms with van der Waals surface area (Å²) in [7, 11) is 0. The lowest BCUT2D eigenvalue weighted by Crippen LogP contribution is -2.50. The molecule has 0 spiro atoms. The van der Waals surface area contributed by atoms with Gasteiger partial charge in [-0.2, -0.15) is 13.2 Å². The van der Waals surface area contributed by atoms with E-state index in [4.69, 9.17) is 10.5 Å². The summed E-state index contributed by atoms with van der Waals surface area (Å²) in [5.74, 6) is -0.985. The van der Waals surface area contributed by atoms with Crippen LogP contribution in [0.5, 0.6) is 5.75 Å². The van der Waals surface area contributed by atoms with Crippen molar-refractivity contribution in [2.24, 2.45) is 11.7 Å². The minimum Gasteiger partial charge on any atom is -0.482 e. The van der Waals surface area contributed by atoms with Crippen LogP contribution in [0.1, 0.15) is 19.8 Å². The zero-order valence-corrected chi connectivity index (χ0v) is 13.7. The Morgan fingerprint density at radius 2 is 2.00 bits per heavy atom. The Balaban J connectivity index is 2.08. The molecule has 0 radical (unpaired) electrons. The third kappa shape index (κ3) is 5.27. The molecule has 1 aromatic rings. The Kier molecular flexibility index (Phi) is 5.76. The number of hydrogen-bond donors (Lipinski definition) is 2. The van der Waals surface area contributed by atoms with Crippen molar-refractivity contribution >= 4 is 17.6 Å². The molecule has 1 saturated heterocycles. The van der Waals surface area contributed by atoms with Crippen molar-refractivity contribution in [2.45, 2.75) is 32.0 Å². The van der Waals surface area contributed by atoms with E-state index in [1.54, 1.807) is 6.07 Å². The van der Waals surface area contributed by atoms with E-state index in [9.17, 15) is 22.8 Å². The number of primary amides is 1. The number of para-hydroxylation sites is 2. The number of anilines is 1. The summed E-state index contributed by atoms with van der Waals surface area (Å²) >= 11 is 0. The van der Waals surface area contributed by atoms with Gasteiger partial charge in [-0.3, -0.25) is 4.79 Å². The SMILES string of the molecule is C[C@H]1CC[C@H](C(N)=O)CN1C(=O)Nc1ccccc1OCC(F)(F)F. The van der Waals surface area contributed by atoms with E-state index in [1.807, 2.05) is 6.92 Å². The van der Waals surface area contributed by atoms with E-state index >= 15 is 0 Å². The minimum absolute atomic E-state index is 0.0794. The number of alkyl halides is 3. The largest absolute Gasteiger partial charge is 0.482 e. The fourth-order valence-corrected chi connectivity index (χ4v) is 2.66. The van der Waals surface area contributed by atoms with Gasteiger partial charge in [0.2, 0.25) is 5.91 Å². The van der Waals surface area contributed by atoms with E-state index < -0.39 is 30.6 Å².